The van der Waals surface area contributed by atoms with Gasteiger partial charge in [0.2, 0.25) is 6.79 Å². The van der Waals surface area contributed by atoms with E-state index in [0.29, 0.717) is 30.3 Å². The van der Waals surface area contributed by atoms with E-state index >= 15 is 0 Å². The van der Waals surface area contributed by atoms with Crippen LogP contribution < -0.4 is 19.5 Å². The van der Waals surface area contributed by atoms with Crippen molar-refractivity contribution < 1.29 is 19.3 Å². The van der Waals surface area contributed by atoms with Crippen LogP contribution in [0.4, 0.5) is 0 Å². The topological polar surface area (TPSA) is 88.6 Å². The van der Waals surface area contributed by atoms with Crippen molar-refractivity contribution in [1.82, 2.24) is 15.5 Å². The number of hydrogen-bond acceptors (Lipinski definition) is 7. The number of aromatic nitrogens is 2. The maximum absolute atomic E-state index is 10.1. The van der Waals surface area contributed by atoms with Crippen LogP contribution in [0, 0.1) is 0 Å². The number of hydrogen-bond donors (Lipinski definition) is 3. The molecule has 0 bridgehead atoms. The molecule has 3 heterocycles. The molecule has 0 spiro atoms. The second-order valence-electron chi connectivity index (χ2n) is 5.86. The van der Waals surface area contributed by atoms with Crippen molar-refractivity contribution >= 4 is 11.3 Å². The predicted molar refractivity (Wildman–Crippen MR) is 97.7 cm³/mol. The van der Waals surface area contributed by atoms with Crippen LogP contribution in [0.2, 0.25) is 0 Å². The lowest BCUT2D eigenvalue weighted by Gasteiger charge is -2.13. The summed E-state index contributed by atoms with van der Waals surface area (Å²) >= 11 is 1.66. The van der Waals surface area contributed by atoms with E-state index in [1.807, 2.05) is 11.4 Å². The number of nitrogens with one attached hydrogen (secondary N) is 2. The van der Waals surface area contributed by atoms with E-state index in [0.717, 1.165) is 16.1 Å². The van der Waals surface area contributed by atoms with Crippen LogP contribution in [0.3, 0.4) is 0 Å². The van der Waals surface area contributed by atoms with Gasteiger partial charge in [-0.15, -0.1) is 11.3 Å². The molecule has 1 aliphatic heterocycles. The molecule has 4 rings (SSSR count). The average Bonchev–Trinajstić information content (AvgIpc) is 3.39. The largest absolute Gasteiger partial charge is 0.491 e. The van der Waals surface area contributed by atoms with Gasteiger partial charge in [-0.2, -0.15) is 5.10 Å². The van der Waals surface area contributed by atoms with Gasteiger partial charge < -0.3 is 24.6 Å². The maximum atomic E-state index is 10.1. The minimum atomic E-state index is -0.627. The minimum absolute atomic E-state index is 0.190. The van der Waals surface area contributed by atoms with Crippen LogP contribution in [-0.2, 0) is 6.54 Å². The molecule has 2 aromatic heterocycles. The minimum Gasteiger partial charge on any atom is -0.491 e. The summed E-state index contributed by atoms with van der Waals surface area (Å²) in [6, 6.07) is 9.42. The number of benzene rings is 1. The quantitative estimate of drug-likeness (QED) is 0.562. The third kappa shape index (κ3) is 3.82. The Morgan fingerprint density at radius 3 is 3.12 bits per heavy atom. The zero-order valence-corrected chi connectivity index (χ0v) is 14.8. The fourth-order valence-electron chi connectivity index (χ4n) is 2.67. The van der Waals surface area contributed by atoms with Crippen LogP contribution >= 0.6 is 11.3 Å². The molecule has 136 valence electrons. The van der Waals surface area contributed by atoms with Crippen LogP contribution in [0.1, 0.15) is 5.56 Å². The van der Waals surface area contributed by atoms with Gasteiger partial charge in [0.1, 0.15) is 18.5 Å². The summed E-state index contributed by atoms with van der Waals surface area (Å²) in [5.41, 5.74) is 2.08. The number of aliphatic hydroxyl groups excluding tert-OH is 1. The normalized spacial score (nSPS) is 13.7. The van der Waals surface area contributed by atoms with Gasteiger partial charge in [-0.3, -0.25) is 5.10 Å². The zero-order chi connectivity index (χ0) is 17.8. The second kappa shape index (κ2) is 7.77. The standard InChI is InChI=1S/C18H19N3O4S/c22-13(10-23-14-3-4-15-16(6-14)25-11-24-15)9-19-7-12-8-20-21-18(12)17-2-1-5-26-17/h1-6,8,13,19,22H,7,9-11H2,(H,20,21). The average molecular weight is 373 g/mol. The fraction of sp³-hybridized carbons (Fsp3) is 0.278. The molecule has 1 aromatic carbocycles. The molecule has 0 radical (unpaired) electrons. The fourth-order valence-corrected chi connectivity index (χ4v) is 3.43. The second-order valence-corrected chi connectivity index (χ2v) is 6.81. The highest BCUT2D eigenvalue weighted by Crippen LogP contribution is 2.35. The van der Waals surface area contributed by atoms with Gasteiger partial charge in [0.05, 0.1) is 16.8 Å². The molecule has 0 aliphatic carbocycles. The van der Waals surface area contributed by atoms with Crippen molar-refractivity contribution in [3.8, 4) is 27.8 Å². The summed E-state index contributed by atoms with van der Waals surface area (Å²) in [4.78, 5) is 1.14. The first-order valence-corrected chi connectivity index (χ1v) is 9.15. The number of fused-ring (bicyclic) bond motifs is 1. The molecule has 0 saturated heterocycles. The third-order valence-corrected chi connectivity index (χ3v) is 4.85. The molecule has 7 nitrogen and oxygen atoms in total. The van der Waals surface area contributed by atoms with Crippen molar-refractivity contribution in [3.05, 3.63) is 47.5 Å². The van der Waals surface area contributed by atoms with Gasteiger partial charge in [-0.1, -0.05) is 6.07 Å². The van der Waals surface area contributed by atoms with Gasteiger partial charge in [-0.05, 0) is 23.6 Å². The molecular formula is C18H19N3O4S. The van der Waals surface area contributed by atoms with Crippen molar-refractivity contribution in [2.75, 3.05) is 19.9 Å². The number of aromatic amines is 1. The van der Waals surface area contributed by atoms with E-state index in [4.69, 9.17) is 14.2 Å². The van der Waals surface area contributed by atoms with E-state index in [1.165, 1.54) is 0 Å². The Morgan fingerprint density at radius 1 is 1.31 bits per heavy atom. The highest BCUT2D eigenvalue weighted by molar-refractivity contribution is 7.13. The monoisotopic (exact) mass is 373 g/mol. The summed E-state index contributed by atoms with van der Waals surface area (Å²) in [6.07, 6.45) is 1.18. The molecule has 0 saturated carbocycles. The van der Waals surface area contributed by atoms with Gasteiger partial charge in [-0.25, -0.2) is 0 Å². The Labute approximate surface area is 154 Å². The summed E-state index contributed by atoms with van der Waals surface area (Å²) in [5.74, 6) is 2.01. The van der Waals surface area contributed by atoms with Gasteiger partial charge in [0.25, 0.3) is 0 Å². The number of rotatable bonds is 8. The van der Waals surface area contributed by atoms with E-state index in [-0.39, 0.29) is 13.4 Å². The smallest absolute Gasteiger partial charge is 0.231 e. The first-order valence-electron chi connectivity index (χ1n) is 8.27. The molecule has 0 amide bonds. The van der Waals surface area contributed by atoms with Crippen LogP contribution in [0.5, 0.6) is 17.2 Å². The van der Waals surface area contributed by atoms with Crippen molar-refractivity contribution in [1.29, 1.82) is 0 Å². The van der Waals surface area contributed by atoms with Crippen molar-refractivity contribution in [2.45, 2.75) is 12.6 Å². The lowest BCUT2D eigenvalue weighted by molar-refractivity contribution is 0.106. The Kier molecular flexibility index (Phi) is 5.05. The van der Waals surface area contributed by atoms with Crippen molar-refractivity contribution in [2.24, 2.45) is 0 Å². The summed E-state index contributed by atoms with van der Waals surface area (Å²) in [6.45, 7) is 1.45. The summed E-state index contributed by atoms with van der Waals surface area (Å²) in [7, 11) is 0. The number of nitrogens with zero attached hydrogens (tertiary/aromatic N) is 1. The molecule has 3 aromatic rings. The molecule has 1 unspecified atom stereocenters. The van der Waals surface area contributed by atoms with Gasteiger partial charge in [0, 0.05) is 24.7 Å². The Balaban J connectivity index is 1.24. The molecular weight excluding hydrogens is 354 g/mol. The van der Waals surface area contributed by atoms with E-state index in [2.05, 4.69) is 21.6 Å². The molecule has 26 heavy (non-hydrogen) atoms. The number of H-pyrrole nitrogens is 1. The van der Waals surface area contributed by atoms with E-state index in [9.17, 15) is 5.11 Å². The van der Waals surface area contributed by atoms with E-state index in [1.54, 1.807) is 35.7 Å². The Bertz CT molecular complexity index is 850. The summed E-state index contributed by atoms with van der Waals surface area (Å²) in [5, 5.41) is 22.5. The number of aliphatic hydroxyl groups is 1. The SMILES string of the molecule is OC(CNCc1cn[nH]c1-c1cccs1)COc1ccc2c(c1)OCO2. The predicted octanol–water partition coefficient (Wildman–Crippen LogP) is 2.40. The molecule has 1 aliphatic rings. The van der Waals surface area contributed by atoms with E-state index < -0.39 is 6.10 Å². The first-order chi connectivity index (χ1) is 12.8. The highest BCUT2D eigenvalue weighted by atomic mass is 32.1. The maximum Gasteiger partial charge on any atom is 0.231 e. The first kappa shape index (κ1) is 16.9. The Morgan fingerprint density at radius 2 is 2.23 bits per heavy atom. The number of ether oxygens (including phenoxy) is 3. The molecule has 0 fully saturated rings. The zero-order valence-electron chi connectivity index (χ0n) is 14.0. The lowest BCUT2D eigenvalue weighted by atomic mass is 10.2. The van der Waals surface area contributed by atoms with Crippen molar-refractivity contribution in [3.63, 3.8) is 0 Å². The van der Waals surface area contributed by atoms with Crippen LogP contribution in [-0.4, -0.2) is 41.4 Å². The number of thiophene rings is 1. The highest BCUT2D eigenvalue weighted by Gasteiger charge is 2.14. The molecule has 3 N–H and O–H groups in total. The van der Waals surface area contributed by atoms with Crippen LogP contribution in [0.15, 0.2) is 41.9 Å². The summed E-state index contributed by atoms with van der Waals surface area (Å²) < 4.78 is 16.2. The third-order valence-electron chi connectivity index (χ3n) is 3.97. The molecule has 8 heteroatoms. The van der Waals surface area contributed by atoms with Crippen LogP contribution in [0.25, 0.3) is 10.6 Å². The lowest BCUT2D eigenvalue weighted by Crippen LogP contribution is -2.31. The van der Waals surface area contributed by atoms with Gasteiger partial charge >= 0.3 is 0 Å². The van der Waals surface area contributed by atoms with Gasteiger partial charge in [0.15, 0.2) is 11.5 Å². The molecule has 1 atom stereocenters. The Hall–Kier alpha value is -2.55.